The highest BCUT2D eigenvalue weighted by molar-refractivity contribution is 7.98. The van der Waals surface area contributed by atoms with Crippen LogP contribution in [0.5, 0.6) is 5.75 Å². The second-order valence-corrected chi connectivity index (χ2v) is 6.57. The molecule has 1 atom stereocenters. The van der Waals surface area contributed by atoms with Crippen LogP contribution in [0.25, 0.3) is 0 Å². The molecule has 1 N–H and O–H groups in total. The number of para-hydroxylation sites is 1. The largest absolute Gasteiger partial charge is 0.481 e. The Labute approximate surface area is 146 Å². The Morgan fingerprint density at radius 3 is 2.67 bits per heavy atom. The first-order chi connectivity index (χ1) is 11.6. The predicted octanol–water partition coefficient (Wildman–Crippen LogP) is 3.95. The Kier molecular flexibility index (Phi) is 7.12. The van der Waals surface area contributed by atoms with Crippen molar-refractivity contribution in [2.24, 2.45) is 0 Å². The first kappa shape index (κ1) is 18.3. The van der Waals surface area contributed by atoms with Crippen LogP contribution < -0.4 is 10.1 Å². The molecule has 1 amide bonds. The summed E-state index contributed by atoms with van der Waals surface area (Å²) in [5, 5.41) is 2.84. The van der Waals surface area contributed by atoms with Gasteiger partial charge in [0.2, 0.25) is 0 Å². The van der Waals surface area contributed by atoms with Crippen molar-refractivity contribution in [3.63, 3.8) is 0 Å². The molecule has 0 aliphatic carbocycles. The Morgan fingerprint density at radius 1 is 1.21 bits per heavy atom. The van der Waals surface area contributed by atoms with Gasteiger partial charge in [0.25, 0.3) is 5.91 Å². The molecule has 0 aliphatic heterocycles. The molecule has 0 fully saturated rings. The molecule has 1 unspecified atom stereocenters. The number of nitrogens with one attached hydrogen (secondary N) is 1. The lowest BCUT2D eigenvalue weighted by atomic mass is 10.2. The molecule has 0 bridgehead atoms. The zero-order valence-corrected chi connectivity index (χ0v) is 14.7. The number of thioether (sulfide) groups is 1. The second kappa shape index (κ2) is 9.33. The molecule has 0 aliphatic rings. The van der Waals surface area contributed by atoms with Crippen molar-refractivity contribution in [1.29, 1.82) is 0 Å². The minimum atomic E-state index is -0.553. The number of benzene rings is 2. The molecule has 0 spiro atoms. The summed E-state index contributed by atoms with van der Waals surface area (Å²) in [7, 11) is 0. The van der Waals surface area contributed by atoms with E-state index in [0.717, 1.165) is 11.3 Å². The van der Waals surface area contributed by atoms with Crippen LogP contribution in [-0.2, 0) is 10.5 Å². The van der Waals surface area contributed by atoms with Crippen LogP contribution >= 0.6 is 11.8 Å². The first-order valence-electron chi connectivity index (χ1n) is 7.89. The highest BCUT2D eigenvalue weighted by Crippen LogP contribution is 2.18. The van der Waals surface area contributed by atoms with E-state index in [1.807, 2.05) is 37.3 Å². The average Bonchev–Trinajstić information content (AvgIpc) is 2.58. The van der Waals surface area contributed by atoms with Crippen molar-refractivity contribution in [2.75, 3.05) is 12.3 Å². The van der Waals surface area contributed by atoms with Gasteiger partial charge in [0.05, 0.1) is 0 Å². The lowest BCUT2D eigenvalue weighted by molar-refractivity contribution is -0.127. The Balaban J connectivity index is 1.67. The number of carbonyl (C=O) groups is 1. The number of carbonyl (C=O) groups excluding carboxylic acids is 1. The molecule has 0 heterocycles. The first-order valence-corrected chi connectivity index (χ1v) is 9.04. The van der Waals surface area contributed by atoms with Gasteiger partial charge in [-0.05, 0) is 37.1 Å². The fraction of sp³-hybridized carbons (Fsp3) is 0.316. The Bertz CT molecular complexity index is 678. The van der Waals surface area contributed by atoms with Crippen LogP contribution in [0.3, 0.4) is 0 Å². The van der Waals surface area contributed by atoms with Gasteiger partial charge in [-0.2, -0.15) is 11.8 Å². The third-order valence-electron chi connectivity index (χ3n) is 3.53. The maximum atomic E-state index is 13.5. The summed E-state index contributed by atoms with van der Waals surface area (Å²) in [6.45, 7) is 4.20. The van der Waals surface area contributed by atoms with Crippen LogP contribution in [0.15, 0.2) is 48.5 Å². The molecule has 0 aromatic heterocycles. The molecule has 0 saturated carbocycles. The highest BCUT2D eigenvalue weighted by atomic mass is 32.2. The summed E-state index contributed by atoms with van der Waals surface area (Å²) in [6.07, 6.45) is -0.553. The van der Waals surface area contributed by atoms with Gasteiger partial charge in [-0.25, -0.2) is 4.39 Å². The monoisotopic (exact) mass is 347 g/mol. The van der Waals surface area contributed by atoms with Gasteiger partial charge in [0.1, 0.15) is 11.6 Å². The number of rotatable bonds is 8. The van der Waals surface area contributed by atoms with Crippen molar-refractivity contribution >= 4 is 17.7 Å². The van der Waals surface area contributed by atoms with Crippen molar-refractivity contribution in [3.8, 4) is 5.75 Å². The lowest BCUT2D eigenvalue weighted by Crippen LogP contribution is -2.37. The molecule has 24 heavy (non-hydrogen) atoms. The standard InChI is InChI=1S/C19H22FNO2S/c1-14-7-3-6-10-18(14)23-15(2)19(22)21-11-12-24-13-16-8-4-5-9-17(16)20/h3-10,15H,11-13H2,1-2H3,(H,21,22). The summed E-state index contributed by atoms with van der Waals surface area (Å²) in [6, 6.07) is 14.3. The van der Waals surface area contributed by atoms with Crippen molar-refractivity contribution in [2.45, 2.75) is 25.7 Å². The van der Waals surface area contributed by atoms with E-state index in [1.54, 1.807) is 30.8 Å². The van der Waals surface area contributed by atoms with Crippen molar-refractivity contribution in [3.05, 3.63) is 65.5 Å². The number of aryl methyl sites for hydroxylation is 1. The number of amides is 1. The van der Waals surface area contributed by atoms with E-state index in [9.17, 15) is 9.18 Å². The van der Waals surface area contributed by atoms with Crippen LogP contribution in [0.2, 0.25) is 0 Å². The highest BCUT2D eigenvalue weighted by Gasteiger charge is 2.14. The second-order valence-electron chi connectivity index (χ2n) is 5.46. The number of ether oxygens (including phenoxy) is 1. The van der Waals surface area contributed by atoms with Crippen LogP contribution in [0, 0.1) is 12.7 Å². The fourth-order valence-electron chi connectivity index (χ4n) is 2.12. The summed E-state index contributed by atoms with van der Waals surface area (Å²) in [5.41, 5.74) is 1.68. The molecule has 128 valence electrons. The maximum absolute atomic E-state index is 13.5. The van der Waals surface area contributed by atoms with Gasteiger partial charge < -0.3 is 10.1 Å². The van der Waals surface area contributed by atoms with Crippen LogP contribution in [-0.4, -0.2) is 24.3 Å². The third-order valence-corrected chi connectivity index (χ3v) is 4.54. The van der Waals surface area contributed by atoms with Crippen molar-refractivity contribution in [1.82, 2.24) is 5.32 Å². The molecule has 0 saturated heterocycles. The molecule has 3 nitrogen and oxygen atoms in total. The van der Waals surface area contributed by atoms with Crippen molar-refractivity contribution < 1.29 is 13.9 Å². The third kappa shape index (κ3) is 5.57. The molecule has 5 heteroatoms. The van der Waals surface area contributed by atoms with Gasteiger partial charge in [0.15, 0.2) is 6.10 Å². The van der Waals surface area contributed by atoms with Gasteiger partial charge in [-0.1, -0.05) is 36.4 Å². The SMILES string of the molecule is Cc1ccccc1OC(C)C(=O)NCCSCc1ccccc1F. The minimum absolute atomic E-state index is 0.148. The van der Waals surface area contributed by atoms with E-state index in [0.29, 0.717) is 23.6 Å². The number of halogens is 1. The fourth-order valence-corrected chi connectivity index (χ4v) is 2.97. The zero-order chi connectivity index (χ0) is 17.4. The zero-order valence-electron chi connectivity index (χ0n) is 13.9. The number of hydrogen-bond acceptors (Lipinski definition) is 3. The van der Waals surface area contributed by atoms with E-state index in [4.69, 9.17) is 4.74 Å². The summed E-state index contributed by atoms with van der Waals surface area (Å²) >= 11 is 1.59. The van der Waals surface area contributed by atoms with E-state index >= 15 is 0 Å². The average molecular weight is 347 g/mol. The quantitative estimate of drug-likeness (QED) is 0.735. The minimum Gasteiger partial charge on any atom is -0.481 e. The smallest absolute Gasteiger partial charge is 0.260 e. The lowest BCUT2D eigenvalue weighted by Gasteiger charge is -2.16. The molecular weight excluding hydrogens is 325 g/mol. The summed E-state index contributed by atoms with van der Waals surface area (Å²) in [4.78, 5) is 12.0. The molecule has 2 aromatic carbocycles. The topological polar surface area (TPSA) is 38.3 Å². The van der Waals surface area contributed by atoms with E-state index < -0.39 is 6.10 Å². The van der Waals surface area contributed by atoms with Crippen LogP contribution in [0.1, 0.15) is 18.1 Å². The Morgan fingerprint density at radius 2 is 1.92 bits per heavy atom. The summed E-state index contributed by atoms with van der Waals surface area (Å²) < 4.78 is 19.2. The van der Waals surface area contributed by atoms with Crippen LogP contribution in [0.4, 0.5) is 4.39 Å². The predicted molar refractivity (Wildman–Crippen MR) is 96.8 cm³/mol. The van der Waals surface area contributed by atoms with Gasteiger partial charge >= 0.3 is 0 Å². The molecule has 0 radical (unpaired) electrons. The Hall–Kier alpha value is -2.01. The molecule has 2 rings (SSSR count). The summed E-state index contributed by atoms with van der Waals surface area (Å²) in [5.74, 6) is 1.70. The van der Waals surface area contributed by atoms with Gasteiger partial charge in [-0.15, -0.1) is 0 Å². The normalized spacial score (nSPS) is 11.8. The maximum Gasteiger partial charge on any atom is 0.260 e. The van der Waals surface area contributed by atoms with E-state index in [-0.39, 0.29) is 11.7 Å². The van der Waals surface area contributed by atoms with Gasteiger partial charge in [0, 0.05) is 18.1 Å². The number of hydrogen-bond donors (Lipinski definition) is 1. The molecule has 2 aromatic rings. The van der Waals surface area contributed by atoms with E-state index in [1.165, 1.54) is 6.07 Å². The van der Waals surface area contributed by atoms with E-state index in [2.05, 4.69) is 5.32 Å². The molecular formula is C19H22FNO2S. The van der Waals surface area contributed by atoms with Gasteiger partial charge in [-0.3, -0.25) is 4.79 Å².